The van der Waals surface area contributed by atoms with Gasteiger partial charge in [0.05, 0.1) is 13.5 Å². The van der Waals surface area contributed by atoms with E-state index in [1.54, 1.807) is 25.3 Å². The van der Waals surface area contributed by atoms with Crippen LogP contribution in [0.1, 0.15) is 30.9 Å². The number of ether oxygens (including phenoxy) is 2. The normalized spacial score (nSPS) is 10.4. The van der Waals surface area contributed by atoms with Crippen molar-refractivity contribution in [1.82, 2.24) is 0 Å². The number of hydrogen-bond acceptors (Lipinski definition) is 4. The third-order valence-corrected chi connectivity index (χ3v) is 3.70. The van der Waals surface area contributed by atoms with E-state index >= 15 is 0 Å². The lowest BCUT2D eigenvalue weighted by molar-refractivity contribution is -0.146. The minimum absolute atomic E-state index is 0.0903. The molecule has 0 saturated heterocycles. The first-order valence-corrected chi connectivity index (χ1v) is 8.17. The highest BCUT2D eigenvalue weighted by molar-refractivity contribution is 5.93. The molecule has 0 fully saturated rings. The number of amides is 1. The number of methoxy groups -OCH3 is 1. The second-order valence-electron chi connectivity index (χ2n) is 5.98. The largest absolute Gasteiger partial charge is 0.497 e. The first kappa shape index (κ1) is 18.5. The lowest BCUT2D eigenvalue weighted by Gasteiger charge is -2.13. The number of benzene rings is 2. The Morgan fingerprint density at radius 3 is 2.56 bits per heavy atom. The maximum atomic E-state index is 12.0. The highest BCUT2D eigenvalue weighted by atomic mass is 16.5. The molecule has 0 spiro atoms. The van der Waals surface area contributed by atoms with Gasteiger partial charge in [-0.25, -0.2) is 0 Å². The number of rotatable bonds is 7. The molecule has 5 nitrogen and oxygen atoms in total. The molecule has 132 valence electrons. The Hall–Kier alpha value is -2.82. The summed E-state index contributed by atoms with van der Waals surface area (Å²) in [5, 5.41) is 2.79. The Balaban J connectivity index is 1.86. The van der Waals surface area contributed by atoms with Crippen LogP contribution in [-0.2, 0) is 20.7 Å². The topological polar surface area (TPSA) is 64.6 Å². The zero-order chi connectivity index (χ0) is 18.2. The fourth-order valence-corrected chi connectivity index (χ4v) is 2.45. The summed E-state index contributed by atoms with van der Waals surface area (Å²) in [5.41, 5.74) is 2.56. The average Bonchev–Trinajstić information content (AvgIpc) is 2.60. The SMILES string of the molecule is COc1cccc(CC(=O)OCC(=O)Nc2ccccc2C(C)C)c1. The molecule has 25 heavy (non-hydrogen) atoms. The molecule has 0 radical (unpaired) electrons. The summed E-state index contributed by atoms with van der Waals surface area (Å²) in [6.45, 7) is 3.80. The number of carbonyl (C=O) groups is 2. The molecule has 2 aromatic rings. The summed E-state index contributed by atoms with van der Waals surface area (Å²) in [4.78, 5) is 23.9. The van der Waals surface area contributed by atoms with Gasteiger partial charge in [0, 0.05) is 5.69 Å². The van der Waals surface area contributed by atoms with Gasteiger partial charge in [-0.05, 0) is 35.2 Å². The second kappa shape index (κ2) is 8.87. The minimum atomic E-state index is -0.458. The number of anilines is 1. The monoisotopic (exact) mass is 341 g/mol. The molecule has 0 aliphatic rings. The molecule has 0 unspecified atom stereocenters. The second-order valence-corrected chi connectivity index (χ2v) is 5.98. The van der Waals surface area contributed by atoms with Gasteiger partial charge in [0.1, 0.15) is 5.75 Å². The van der Waals surface area contributed by atoms with Gasteiger partial charge >= 0.3 is 5.97 Å². The van der Waals surface area contributed by atoms with Crippen LogP contribution in [0.5, 0.6) is 5.75 Å². The number of nitrogens with one attached hydrogen (secondary N) is 1. The van der Waals surface area contributed by atoms with E-state index in [0.29, 0.717) is 5.75 Å². The van der Waals surface area contributed by atoms with Gasteiger partial charge in [-0.1, -0.05) is 44.2 Å². The van der Waals surface area contributed by atoms with E-state index in [-0.39, 0.29) is 24.9 Å². The number of esters is 1. The van der Waals surface area contributed by atoms with Gasteiger partial charge < -0.3 is 14.8 Å². The predicted octanol–water partition coefficient (Wildman–Crippen LogP) is 3.54. The lowest BCUT2D eigenvalue weighted by atomic mass is 10.0. The van der Waals surface area contributed by atoms with Crippen molar-refractivity contribution in [2.45, 2.75) is 26.2 Å². The van der Waals surface area contributed by atoms with Crippen molar-refractivity contribution in [2.75, 3.05) is 19.0 Å². The molecule has 0 aliphatic heterocycles. The third kappa shape index (κ3) is 5.64. The van der Waals surface area contributed by atoms with Gasteiger partial charge in [0.25, 0.3) is 5.91 Å². The van der Waals surface area contributed by atoms with Crippen LogP contribution in [0.4, 0.5) is 5.69 Å². The Morgan fingerprint density at radius 1 is 1.08 bits per heavy atom. The van der Waals surface area contributed by atoms with Crippen LogP contribution in [0.15, 0.2) is 48.5 Å². The molecule has 0 aliphatic carbocycles. The van der Waals surface area contributed by atoms with E-state index in [1.807, 2.05) is 30.3 Å². The molecule has 0 atom stereocenters. The van der Waals surface area contributed by atoms with Gasteiger partial charge in [-0.15, -0.1) is 0 Å². The van der Waals surface area contributed by atoms with Gasteiger partial charge in [-0.2, -0.15) is 0 Å². The van der Waals surface area contributed by atoms with Gasteiger partial charge in [-0.3, -0.25) is 9.59 Å². The Labute approximate surface area is 148 Å². The van der Waals surface area contributed by atoms with Crippen molar-refractivity contribution in [3.8, 4) is 5.75 Å². The standard InChI is InChI=1S/C20H23NO4/c1-14(2)17-9-4-5-10-18(17)21-19(22)13-25-20(23)12-15-7-6-8-16(11-15)24-3/h4-11,14H,12-13H2,1-3H3,(H,21,22). The fraction of sp³-hybridized carbons (Fsp3) is 0.300. The highest BCUT2D eigenvalue weighted by Crippen LogP contribution is 2.23. The fourth-order valence-electron chi connectivity index (χ4n) is 2.45. The molecule has 0 bridgehead atoms. The third-order valence-electron chi connectivity index (χ3n) is 3.70. The number of carbonyl (C=O) groups excluding carboxylic acids is 2. The number of hydrogen-bond donors (Lipinski definition) is 1. The van der Waals surface area contributed by atoms with Crippen molar-refractivity contribution in [1.29, 1.82) is 0 Å². The Bertz CT molecular complexity index is 740. The molecule has 2 aromatic carbocycles. The van der Waals surface area contributed by atoms with Crippen molar-refractivity contribution >= 4 is 17.6 Å². The van der Waals surface area contributed by atoms with Crippen molar-refractivity contribution < 1.29 is 19.1 Å². The first-order chi connectivity index (χ1) is 12.0. The zero-order valence-electron chi connectivity index (χ0n) is 14.7. The van der Waals surface area contributed by atoms with Crippen LogP contribution in [0.25, 0.3) is 0 Å². The van der Waals surface area contributed by atoms with E-state index in [1.165, 1.54) is 0 Å². The van der Waals surface area contributed by atoms with E-state index in [4.69, 9.17) is 9.47 Å². The van der Waals surface area contributed by atoms with Gasteiger partial charge in [0.15, 0.2) is 6.61 Å². The predicted molar refractivity (Wildman–Crippen MR) is 96.8 cm³/mol. The average molecular weight is 341 g/mol. The number of para-hydroxylation sites is 1. The summed E-state index contributed by atoms with van der Waals surface area (Å²) in [6.07, 6.45) is 0.0903. The summed E-state index contributed by atoms with van der Waals surface area (Å²) in [7, 11) is 1.57. The van der Waals surface area contributed by atoms with Crippen LogP contribution in [0.2, 0.25) is 0 Å². The molecule has 5 heteroatoms. The van der Waals surface area contributed by atoms with Crippen LogP contribution < -0.4 is 10.1 Å². The zero-order valence-corrected chi connectivity index (χ0v) is 14.7. The first-order valence-electron chi connectivity index (χ1n) is 8.17. The Kier molecular flexibility index (Phi) is 6.57. The summed E-state index contributed by atoms with van der Waals surface area (Å²) >= 11 is 0. The van der Waals surface area contributed by atoms with Crippen molar-refractivity contribution in [3.63, 3.8) is 0 Å². The Morgan fingerprint density at radius 2 is 1.84 bits per heavy atom. The molecular formula is C20H23NO4. The molecule has 0 aromatic heterocycles. The molecule has 2 rings (SSSR count). The quantitative estimate of drug-likeness (QED) is 0.782. The molecule has 0 saturated carbocycles. The van der Waals surface area contributed by atoms with Crippen molar-refractivity contribution in [2.24, 2.45) is 0 Å². The minimum Gasteiger partial charge on any atom is -0.497 e. The van der Waals surface area contributed by atoms with Crippen LogP contribution in [-0.4, -0.2) is 25.6 Å². The molecule has 1 amide bonds. The van der Waals surface area contributed by atoms with Gasteiger partial charge in [0.2, 0.25) is 0 Å². The lowest BCUT2D eigenvalue weighted by Crippen LogP contribution is -2.22. The molecular weight excluding hydrogens is 318 g/mol. The van der Waals surface area contributed by atoms with E-state index in [9.17, 15) is 9.59 Å². The highest BCUT2D eigenvalue weighted by Gasteiger charge is 2.12. The van der Waals surface area contributed by atoms with E-state index < -0.39 is 5.97 Å². The van der Waals surface area contributed by atoms with Crippen LogP contribution in [0, 0.1) is 0 Å². The summed E-state index contributed by atoms with van der Waals surface area (Å²) in [5.74, 6) is 0.146. The summed E-state index contributed by atoms with van der Waals surface area (Å²) < 4.78 is 10.2. The van der Waals surface area contributed by atoms with Crippen LogP contribution in [0.3, 0.4) is 0 Å². The van der Waals surface area contributed by atoms with Crippen LogP contribution >= 0.6 is 0 Å². The maximum Gasteiger partial charge on any atom is 0.310 e. The van der Waals surface area contributed by atoms with Crippen molar-refractivity contribution in [3.05, 3.63) is 59.7 Å². The molecule has 0 heterocycles. The summed E-state index contributed by atoms with van der Waals surface area (Å²) in [6, 6.07) is 14.8. The smallest absolute Gasteiger partial charge is 0.310 e. The molecule has 1 N–H and O–H groups in total. The maximum absolute atomic E-state index is 12.0. The van der Waals surface area contributed by atoms with E-state index in [0.717, 1.165) is 16.8 Å². The van der Waals surface area contributed by atoms with E-state index in [2.05, 4.69) is 19.2 Å².